The van der Waals surface area contributed by atoms with E-state index in [0.717, 1.165) is 62.7 Å². The molecule has 2 fully saturated rings. The minimum Gasteiger partial charge on any atom is -0.380 e. The standard InChI is InChI=1S/C30H37N7O3S/c1-4-21-16-26(35-29(38)33-22-8-5-6-9-22)34-27-25(21)18-31-28(36-27)32-23-10-7-11-24(17-23)37-30(2)14-12-20(13-15-30)19-41(3,39)40/h1,7,10-11,16-18,20,22,37H,5-6,8-9,12-15,19H2,2-3H3,(H3,31,32,33,34,35,36,38). The van der Waals surface area contributed by atoms with Crippen LogP contribution in [0.3, 0.4) is 0 Å². The number of sulfone groups is 1. The average Bonchev–Trinajstić information content (AvgIpc) is 3.42. The van der Waals surface area contributed by atoms with Crippen molar-refractivity contribution in [3.05, 3.63) is 42.1 Å². The number of benzene rings is 1. The number of nitrogens with zero attached hydrogens (tertiary/aromatic N) is 3. The number of rotatable bonds is 8. The maximum Gasteiger partial charge on any atom is 0.320 e. The highest BCUT2D eigenvalue weighted by Crippen LogP contribution is 2.35. The van der Waals surface area contributed by atoms with Crippen molar-refractivity contribution in [1.29, 1.82) is 0 Å². The van der Waals surface area contributed by atoms with Gasteiger partial charge in [0, 0.05) is 41.0 Å². The first kappa shape index (κ1) is 28.6. The van der Waals surface area contributed by atoms with Crippen molar-refractivity contribution >= 4 is 50.0 Å². The lowest BCUT2D eigenvalue weighted by Crippen LogP contribution is -2.39. The maximum absolute atomic E-state index is 12.5. The zero-order chi connectivity index (χ0) is 29.0. The Bertz CT molecular complexity index is 1570. The first-order valence-electron chi connectivity index (χ1n) is 14.1. The summed E-state index contributed by atoms with van der Waals surface area (Å²) >= 11 is 0. The molecule has 2 aromatic heterocycles. The quantitative estimate of drug-likeness (QED) is 0.268. The molecule has 2 amide bonds. The molecule has 0 radical (unpaired) electrons. The second kappa shape index (κ2) is 11.9. The second-order valence-corrected chi connectivity index (χ2v) is 13.8. The molecule has 4 N–H and O–H groups in total. The minimum absolute atomic E-state index is 0.116. The van der Waals surface area contributed by atoms with Crippen LogP contribution in [-0.2, 0) is 9.84 Å². The van der Waals surface area contributed by atoms with Crippen LogP contribution < -0.4 is 21.3 Å². The third-order valence-electron chi connectivity index (χ3n) is 7.97. The highest BCUT2D eigenvalue weighted by Gasteiger charge is 2.32. The molecule has 0 bridgehead atoms. The molecule has 0 spiro atoms. The van der Waals surface area contributed by atoms with Crippen LogP contribution >= 0.6 is 0 Å². The van der Waals surface area contributed by atoms with Crippen LogP contribution in [0.4, 0.5) is 27.9 Å². The topological polar surface area (TPSA) is 138 Å². The molecule has 0 atom stereocenters. The van der Waals surface area contributed by atoms with Gasteiger partial charge in [0.05, 0.1) is 11.1 Å². The van der Waals surface area contributed by atoms with E-state index in [2.05, 4.69) is 49.1 Å². The molecule has 0 unspecified atom stereocenters. The minimum atomic E-state index is -2.96. The number of hydrogen-bond acceptors (Lipinski definition) is 8. The number of carbonyl (C=O) groups excluding carboxylic acids is 1. The van der Waals surface area contributed by atoms with E-state index in [-0.39, 0.29) is 29.3 Å². The lowest BCUT2D eigenvalue weighted by molar-refractivity contribution is 0.248. The summed E-state index contributed by atoms with van der Waals surface area (Å²) in [5, 5.41) is 13.3. The summed E-state index contributed by atoms with van der Waals surface area (Å²) in [5.74, 6) is 3.80. The van der Waals surface area contributed by atoms with Crippen LogP contribution in [0.2, 0.25) is 0 Å². The van der Waals surface area contributed by atoms with Crippen LogP contribution in [0.1, 0.15) is 63.9 Å². The van der Waals surface area contributed by atoms with Crippen LogP contribution in [0.25, 0.3) is 11.0 Å². The highest BCUT2D eigenvalue weighted by atomic mass is 32.2. The Hall–Kier alpha value is -3.91. The lowest BCUT2D eigenvalue weighted by atomic mass is 9.78. The number of fused-ring (bicyclic) bond motifs is 1. The Morgan fingerprint density at radius 3 is 2.54 bits per heavy atom. The van der Waals surface area contributed by atoms with Crippen LogP contribution in [0.15, 0.2) is 36.5 Å². The fourth-order valence-electron chi connectivity index (χ4n) is 5.85. The van der Waals surface area contributed by atoms with Gasteiger partial charge in [-0.3, -0.25) is 5.32 Å². The van der Waals surface area contributed by atoms with E-state index >= 15 is 0 Å². The normalized spacial score (nSPS) is 21.2. The highest BCUT2D eigenvalue weighted by molar-refractivity contribution is 7.90. The van der Waals surface area contributed by atoms with Gasteiger partial charge in [0.15, 0.2) is 5.65 Å². The fourth-order valence-corrected chi connectivity index (χ4v) is 7.04. The van der Waals surface area contributed by atoms with E-state index in [1.54, 1.807) is 12.3 Å². The van der Waals surface area contributed by atoms with Crippen LogP contribution in [0.5, 0.6) is 0 Å². The molecule has 10 nitrogen and oxygen atoms in total. The fraction of sp³-hybridized carbons (Fsp3) is 0.467. The van der Waals surface area contributed by atoms with E-state index < -0.39 is 9.84 Å². The summed E-state index contributed by atoms with van der Waals surface area (Å²) in [7, 11) is -2.96. The van der Waals surface area contributed by atoms with Crippen molar-refractivity contribution in [3.8, 4) is 12.3 Å². The number of aromatic nitrogens is 3. The van der Waals surface area contributed by atoms with E-state index in [0.29, 0.717) is 28.4 Å². The predicted molar refractivity (Wildman–Crippen MR) is 163 cm³/mol. The summed E-state index contributed by atoms with van der Waals surface area (Å²) in [4.78, 5) is 26.0. The van der Waals surface area contributed by atoms with E-state index in [1.807, 2.05) is 24.3 Å². The van der Waals surface area contributed by atoms with E-state index in [1.165, 1.54) is 6.26 Å². The summed E-state index contributed by atoms with van der Waals surface area (Å²) in [6.45, 7) is 2.19. The molecule has 0 aliphatic heterocycles. The van der Waals surface area contributed by atoms with Crippen LogP contribution in [-0.4, -0.2) is 53.0 Å². The molecule has 1 aromatic carbocycles. The van der Waals surface area contributed by atoms with Crippen molar-refractivity contribution in [1.82, 2.24) is 20.3 Å². The Kier molecular flexibility index (Phi) is 8.31. The molecule has 0 saturated heterocycles. The largest absolute Gasteiger partial charge is 0.380 e. The molecular weight excluding hydrogens is 538 g/mol. The van der Waals surface area contributed by atoms with E-state index in [9.17, 15) is 13.2 Å². The van der Waals surface area contributed by atoms with Crippen molar-refractivity contribution < 1.29 is 13.2 Å². The number of pyridine rings is 1. The monoisotopic (exact) mass is 575 g/mol. The summed E-state index contributed by atoms with van der Waals surface area (Å²) in [6.07, 6.45) is 16.5. The second-order valence-electron chi connectivity index (χ2n) is 11.6. The third kappa shape index (κ3) is 7.64. The molecular formula is C30H37N7O3S. The molecule has 41 heavy (non-hydrogen) atoms. The third-order valence-corrected chi connectivity index (χ3v) is 9.04. The zero-order valence-electron chi connectivity index (χ0n) is 23.5. The summed E-state index contributed by atoms with van der Waals surface area (Å²) in [5.41, 5.74) is 2.55. The van der Waals surface area contributed by atoms with Gasteiger partial charge in [-0.15, -0.1) is 6.42 Å². The first-order valence-corrected chi connectivity index (χ1v) is 16.2. The molecule has 11 heteroatoms. The SMILES string of the molecule is C#Cc1cc(NC(=O)NC2CCCC2)nc2nc(Nc3cccc(NC4(C)CCC(CS(C)(=O)=O)CC4)c3)ncc12. The van der Waals surface area contributed by atoms with Crippen molar-refractivity contribution in [3.63, 3.8) is 0 Å². The molecule has 3 aromatic rings. The van der Waals surface area contributed by atoms with Gasteiger partial charge in [0.1, 0.15) is 15.7 Å². The summed E-state index contributed by atoms with van der Waals surface area (Å²) in [6, 6.07) is 9.41. The van der Waals surface area contributed by atoms with Gasteiger partial charge in [-0.2, -0.15) is 4.98 Å². The molecule has 2 aliphatic rings. The molecule has 2 heterocycles. The molecule has 2 aliphatic carbocycles. The van der Waals surface area contributed by atoms with Gasteiger partial charge >= 0.3 is 6.03 Å². The Morgan fingerprint density at radius 1 is 1.10 bits per heavy atom. The number of anilines is 4. The Labute approximate surface area is 241 Å². The molecule has 216 valence electrons. The van der Waals surface area contributed by atoms with Gasteiger partial charge in [-0.05, 0) is 75.6 Å². The Morgan fingerprint density at radius 2 is 1.83 bits per heavy atom. The van der Waals surface area contributed by atoms with Crippen molar-refractivity contribution in [2.24, 2.45) is 5.92 Å². The predicted octanol–water partition coefficient (Wildman–Crippen LogP) is 5.22. The van der Waals surface area contributed by atoms with Crippen LogP contribution in [0, 0.1) is 18.3 Å². The number of urea groups is 1. The first-order chi connectivity index (χ1) is 19.6. The van der Waals surface area contributed by atoms with Gasteiger partial charge in [-0.1, -0.05) is 24.8 Å². The van der Waals surface area contributed by atoms with Gasteiger partial charge < -0.3 is 16.0 Å². The zero-order valence-corrected chi connectivity index (χ0v) is 24.4. The Balaban J connectivity index is 1.27. The lowest BCUT2D eigenvalue weighted by Gasteiger charge is -2.38. The number of terminal acetylenes is 1. The van der Waals surface area contributed by atoms with Gasteiger partial charge in [-0.25, -0.2) is 23.2 Å². The number of nitrogens with one attached hydrogen (secondary N) is 4. The smallest absolute Gasteiger partial charge is 0.320 e. The number of hydrogen-bond donors (Lipinski definition) is 4. The van der Waals surface area contributed by atoms with Crippen molar-refractivity contribution in [2.75, 3.05) is 28.0 Å². The molecule has 5 rings (SSSR count). The van der Waals surface area contributed by atoms with E-state index in [4.69, 9.17) is 6.42 Å². The maximum atomic E-state index is 12.5. The van der Waals surface area contributed by atoms with Gasteiger partial charge in [0.2, 0.25) is 5.95 Å². The average molecular weight is 576 g/mol. The number of carbonyl (C=O) groups is 1. The summed E-state index contributed by atoms with van der Waals surface area (Å²) < 4.78 is 23.4. The number of amides is 2. The molecule has 2 saturated carbocycles. The van der Waals surface area contributed by atoms with Gasteiger partial charge in [0.25, 0.3) is 0 Å². The van der Waals surface area contributed by atoms with Crippen molar-refractivity contribution in [2.45, 2.75) is 69.9 Å².